The summed E-state index contributed by atoms with van der Waals surface area (Å²) in [5, 5.41) is 14.1. The Kier molecular flexibility index (Phi) is 4.62. The van der Waals surface area contributed by atoms with Crippen LogP contribution in [0.25, 0.3) is 0 Å². The van der Waals surface area contributed by atoms with Gasteiger partial charge in [-0.25, -0.2) is 0 Å². The third-order valence-corrected chi connectivity index (χ3v) is 3.01. The standard InChI is InChI=1S/C12H17Cl2NO/c1-8(2)15-12(3,7-16)10-6-9(13)4-5-11(10)14/h4-6,8,15-16H,7H2,1-3H3. The molecule has 0 aliphatic carbocycles. The molecule has 4 heteroatoms. The van der Waals surface area contributed by atoms with Crippen LogP contribution in [0.1, 0.15) is 26.3 Å². The van der Waals surface area contributed by atoms with Crippen molar-refractivity contribution in [2.24, 2.45) is 0 Å². The van der Waals surface area contributed by atoms with Gasteiger partial charge in [-0.15, -0.1) is 0 Å². The summed E-state index contributed by atoms with van der Waals surface area (Å²) in [6, 6.07) is 5.51. The van der Waals surface area contributed by atoms with Crippen LogP contribution in [-0.4, -0.2) is 17.8 Å². The van der Waals surface area contributed by atoms with Crippen LogP contribution >= 0.6 is 23.2 Å². The second-order valence-corrected chi connectivity index (χ2v) is 5.26. The first-order chi connectivity index (χ1) is 7.39. The minimum Gasteiger partial charge on any atom is -0.394 e. The van der Waals surface area contributed by atoms with Gasteiger partial charge in [0.25, 0.3) is 0 Å². The van der Waals surface area contributed by atoms with E-state index < -0.39 is 5.54 Å². The Morgan fingerprint density at radius 3 is 2.50 bits per heavy atom. The summed E-state index contributed by atoms with van der Waals surface area (Å²) in [6.45, 7) is 5.91. The second kappa shape index (κ2) is 5.37. The van der Waals surface area contributed by atoms with E-state index in [1.807, 2.05) is 20.8 Å². The van der Waals surface area contributed by atoms with Gasteiger partial charge in [-0.05, 0) is 44.5 Å². The Morgan fingerprint density at radius 1 is 1.38 bits per heavy atom. The van der Waals surface area contributed by atoms with Gasteiger partial charge in [0.1, 0.15) is 0 Å². The summed E-state index contributed by atoms with van der Waals surface area (Å²) in [6.07, 6.45) is 0. The second-order valence-electron chi connectivity index (χ2n) is 4.41. The molecule has 2 N–H and O–H groups in total. The monoisotopic (exact) mass is 261 g/mol. The lowest BCUT2D eigenvalue weighted by atomic mass is 9.92. The number of aliphatic hydroxyl groups is 1. The van der Waals surface area contributed by atoms with Crippen LogP contribution in [0.3, 0.4) is 0 Å². The molecule has 0 saturated carbocycles. The van der Waals surface area contributed by atoms with Gasteiger partial charge in [0.15, 0.2) is 0 Å². The predicted octanol–water partition coefficient (Wildman–Crippen LogP) is 3.20. The van der Waals surface area contributed by atoms with E-state index in [1.54, 1.807) is 18.2 Å². The molecule has 1 rings (SSSR count). The summed E-state index contributed by atoms with van der Waals surface area (Å²) in [5.41, 5.74) is 0.244. The SMILES string of the molecule is CC(C)NC(C)(CO)c1cc(Cl)ccc1Cl. The lowest BCUT2D eigenvalue weighted by Crippen LogP contribution is -2.46. The van der Waals surface area contributed by atoms with Crippen LogP contribution < -0.4 is 5.32 Å². The third-order valence-electron chi connectivity index (χ3n) is 2.45. The molecule has 2 nitrogen and oxygen atoms in total. The van der Waals surface area contributed by atoms with E-state index >= 15 is 0 Å². The van der Waals surface area contributed by atoms with Crippen molar-refractivity contribution in [1.82, 2.24) is 5.32 Å². The average molecular weight is 262 g/mol. The predicted molar refractivity (Wildman–Crippen MR) is 69.2 cm³/mol. The van der Waals surface area contributed by atoms with E-state index in [9.17, 15) is 5.11 Å². The fourth-order valence-corrected chi connectivity index (χ4v) is 2.26. The van der Waals surface area contributed by atoms with Crippen molar-refractivity contribution < 1.29 is 5.11 Å². The fraction of sp³-hybridized carbons (Fsp3) is 0.500. The molecule has 0 saturated heterocycles. The number of aliphatic hydroxyl groups excluding tert-OH is 1. The van der Waals surface area contributed by atoms with Crippen molar-refractivity contribution in [3.05, 3.63) is 33.8 Å². The molecular weight excluding hydrogens is 245 g/mol. The molecule has 0 radical (unpaired) electrons. The molecule has 0 aliphatic rings. The minimum absolute atomic E-state index is 0.0365. The highest BCUT2D eigenvalue weighted by atomic mass is 35.5. The molecule has 1 atom stereocenters. The van der Waals surface area contributed by atoms with Gasteiger partial charge in [-0.1, -0.05) is 23.2 Å². The first-order valence-corrected chi connectivity index (χ1v) is 5.99. The molecule has 0 aliphatic heterocycles. The van der Waals surface area contributed by atoms with Crippen LogP contribution in [0.4, 0.5) is 0 Å². The summed E-state index contributed by atoms with van der Waals surface area (Å²) < 4.78 is 0. The van der Waals surface area contributed by atoms with Gasteiger partial charge in [-0.3, -0.25) is 0 Å². The van der Waals surface area contributed by atoms with E-state index in [0.717, 1.165) is 5.56 Å². The van der Waals surface area contributed by atoms with Crippen molar-refractivity contribution in [2.75, 3.05) is 6.61 Å². The molecule has 90 valence electrons. The van der Waals surface area contributed by atoms with E-state index in [-0.39, 0.29) is 12.6 Å². The van der Waals surface area contributed by atoms with Crippen molar-refractivity contribution in [3.8, 4) is 0 Å². The van der Waals surface area contributed by atoms with Gasteiger partial charge in [0.05, 0.1) is 12.1 Å². The fourth-order valence-electron chi connectivity index (χ4n) is 1.77. The van der Waals surface area contributed by atoms with Gasteiger partial charge < -0.3 is 10.4 Å². The lowest BCUT2D eigenvalue weighted by Gasteiger charge is -2.32. The molecule has 0 bridgehead atoms. The van der Waals surface area contributed by atoms with E-state index in [2.05, 4.69) is 5.32 Å². The number of rotatable bonds is 4. The van der Waals surface area contributed by atoms with Gasteiger partial charge in [0, 0.05) is 16.1 Å². The Balaban J connectivity index is 3.16. The summed E-state index contributed by atoms with van der Waals surface area (Å²) in [5.74, 6) is 0. The summed E-state index contributed by atoms with van der Waals surface area (Å²) >= 11 is 12.1. The van der Waals surface area contributed by atoms with Crippen molar-refractivity contribution in [2.45, 2.75) is 32.4 Å². The van der Waals surface area contributed by atoms with E-state index in [1.165, 1.54) is 0 Å². The molecule has 0 fully saturated rings. The van der Waals surface area contributed by atoms with Crippen LogP contribution in [0.5, 0.6) is 0 Å². The number of hydrogen-bond donors (Lipinski definition) is 2. The summed E-state index contributed by atoms with van der Waals surface area (Å²) in [7, 11) is 0. The molecule has 16 heavy (non-hydrogen) atoms. The smallest absolute Gasteiger partial charge is 0.0657 e. The average Bonchev–Trinajstić information content (AvgIpc) is 2.20. The lowest BCUT2D eigenvalue weighted by molar-refractivity contribution is 0.166. The van der Waals surface area contributed by atoms with E-state index in [4.69, 9.17) is 23.2 Å². The highest BCUT2D eigenvalue weighted by molar-refractivity contribution is 6.33. The van der Waals surface area contributed by atoms with Crippen LogP contribution in [0.15, 0.2) is 18.2 Å². The van der Waals surface area contributed by atoms with Gasteiger partial charge in [-0.2, -0.15) is 0 Å². The Labute approximate surface area is 107 Å². The quantitative estimate of drug-likeness (QED) is 0.873. The minimum atomic E-state index is -0.573. The first-order valence-electron chi connectivity index (χ1n) is 5.23. The topological polar surface area (TPSA) is 32.3 Å². The maximum Gasteiger partial charge on any atom is 0.0657 e. The number of nitrogens with one attached hydrogen (secondary N) is 1. The zero-order valence-electron chi connectivity index (χ0n) is 9.72. The largest absolute Gasteiger partial charge is 0.394 e. The highest BCUT2D eigenvalue weighted by Gasteiger charge is 2.28. The highest BCUT2D eigenvalue weighted by Crippen LogP contribution is 2.30. The van der Waals surface area contributed by atoms with Gasteiger partial charge >= 0.3 is 0 Å². The molecule has 0 spiro atoms. The molecular formula is C12H17Cl2NO. The molecule has 1 unspecified atom stereocenters. The Morgan fingerprint density at radius 2 is 2.00 bits per heavy atom. The zero-order chi connectivity index (χ0) is 12.3. The Bertz CT molecular complexity index is 368. The van der Waals surface area contributed by atoms with Crippen LogP contribution in [0.2, 0.25) is 10.0 Å². The maximum absolute atomic E-state index is 9.54. The van der Waals surface area contributed by atoms with Crippen molar-refractivity contribution in [3.63, 3.8) is 0 Å². The Hall–Kier alpha value is -0.280. The van der Waals surface area contributed by atoms with Crippen molar-refractivity contribution in [1.29, 1.82) is 0 Å². The molecule has 1 aromatic rings. The van der Waals surface area contributed by atoms with Gasteiger partial charge in [0.2, 0.25) is 0 Å². The van der Waals surface area contributed by atoms with E-state index in [0.29, 0.717) is 10.0 Å². The molecule has 0 amide bonds. The number of benzene rings is 1. The zero-order valence-corrected chi connectivity index (χ0v) is 11.2. The number of halogens is 2. The third kappa shape index (κ3) is 3.11. The normalized spacial score (nSPS) is 15.2. The van der Waals surface area contributed by atoms with Crippen molar-refractivity contribution >= 4 is 23.2 Å². The van der Waals surface area contributed by atoms with Crippen LogP contribution in [0, 0.1) is 0 Å². The molecule has 1 aromatic carbocycles. The number of hydrogen-bond acceptors (Lipinski definition) is 2. The first kappa shape index (κ1) is 13.8. The summed E-state index contributed by atoms with van der Waals surface area (Å²) in [4.78, 5) is 0. The maximum atomic E-state index is 9.54. The van der Waals surface area contributed by atoms with Crippen LogP contribution in [-0.2, 0) is 5.54 Å². The molecule has 0 aromatic heterocycles. The molecule has 0 heterocycles.